The third-order valence-electron chi connectivity index (χ3n) is 1.55. The number of pyridine rings is 1. The molecule has 1 rings (SSSR count). The predicted molar refractivity (Wildman–Crippen MR) is 46.6 cm³/mol. The van der Waals surface area contributed by atoms with Gasteiger partial charge >= 0.3 is 6.36 Å². The number of ether oxygens (including phenoxy) is 2. The van der Waals surface area contributed by atoms with Crippen LogP contribution in [-0.2, 0) is 0 Å². The largest absolute Gasteiger partial charge is 0.573 e. The third kappa shape index (κ3) is 2.44. The lowest BCUT2D eigenvalue weighted by Gasteiger charge is -2.13. The maximum absolute atomic E-state index is 12.0. The summed E-state index contributed by atoms with van der Waals surface area (Å²) < 4.78 is 44.3. The van der Waals surface area contributed by atoms with Crippen molar-refractivity contribution in [2.75, 3.05) is 12.8 Å². The highest BCUT2D eigenvalue weighted by atomic mass is 19.4. The maximum Gasteiger partial charge on any atom is 0.573 e. The number of nitrogens with two attached hydrogens (primary N) is 1. The van der Waals surface area contributed by atoms with E-state index in [1.54, 1.807) is 0 Å². The number of methoxy groups -OCH3 is 1. The Labute approximate surface area is 88.2 Å². The second-order valence-corrected chi connectivity index (χ2v) is 2.59. The van der Waals surface area contributed by atoms with Crippen LogP contribution in [0.25, 0.3) is 0 Å². The molecule has 0 spiro atoms. The number of hydrogen-bond donors (Lipinski definition) is 1. The molecule has 0 saturated carbocycles. The summed E-state index contributed by atoms with van der Waals surface area (Å²) in [6, 6.07) is 1.49. The summed E-state index contributed by atoms with van der Waals surface area (Å²) in [5.74, 6) is -1.29. The first kappa shape index (κ1) is 11.9. The number of anilines is 1. The van der Waals surface area contributed by atoms with E-state index >= 15 is 0 Å². The van der Waals surface area contributed by atoms with Crippen LogP contribution in [0.15, 0.2) is 6.20 Å². The Morgan fingerprint density at radius 1 is 1.50 bits per heavy atom. The molecular weight excluding hydrogens is 227 g/mol. The van der Waals surface area contributed by atoms with Crippen LogP contribution in [0.5, 0.6) is 11.6 Å². The molecule has 0 saturated heterocycles. The van der Waals surface area contributed by atoms with Gasteiger partial charge < -0.3 is 15.2 Å². The Morgan fingerprint density at radius 2 is 2.12 bits per heavy atom. The van der Waals surface area contributed by atoms with Crippen molar-refractivity contribution in [3.8, 4) is 17.7 Å². The first-order chi connectivity index (χ1) is 7.39. The number of nitriles is 1. The minimum absolute atomic E-state index is 0.220. The van der Waals surface area contributed by atoms with E-state index in [-0.39, 0.29) is 5.69 Å². The van der Waals surface area contributed by atoms with Crippen molar-refractivity contribution >= 4 is 5.69 Å². The van der Waals surface area contributed by atoms with Crippen LogP contribution in [0.3, 0.4) is 0 Å². The van der Waals surface area contributed by atoms with Gasteiger partial charge in [0, 0.05) is 0 Å². The van der Waals surface area contributed by atoms with Gasteiger partial charge in [0.2, 0.25) is 5.75 Å². The van der Waals surface area contributed by atoms with Crippen LogP contribution in [-0.4, -0.2) is 18.5 Å². The molecule has 86 valence electrons. The Morgan fingerprint density at radius 3 is 2.56 bits per heavy atom. The number of aromatic nitrogens is 1. The molecule has 5 nitrogen and oxygen atoms in total. The summed E-state index contributed by atoms with van der Waals surface area (Å²) >= 11 is 0. The number of alkyl halides is 3. The van der Waals surface area contributed by atoms with E-state index in [2.05, 4.69) is 14.5 Å². The number of rotatable bonds is 2. The Kier molecular flexibility index (Phi) is 3.08. The normalized spacial score (nSPS) is 10.7. The average Bonchev–Trinajstić information content (AvgIpc) is 2.16. The lowest BCUT2D eigenvalue weighted by Crippen LogP contribution is -2.19. The lowest BCUT2D eigenvalue weighted by atomic mass is 10.2. The molecule has 16 heavy (non-hydrogen) atoms. The third-order valence-corrected chi connectivity index (χ3v) is 1.55. The van der Waals surface area contributed by atoms with E-state index in [0.29, 0.717) is 0 Å². The number of halogens is 3. The smallest absolute Gasteiger partial charge is 0.478 e. The molecule has 0 aliphatic rings. The first-order valence-corrected chi connectivity index (χ1v) is 3.87. The topological polar surface area (TPSA) is 81.2 Å². The lowest BCUT2D eigenvalue weighted by molar-refractivity contribution is -0.275. The van der Waals surface area contributed by atoms with Gasteiger partial charge in [-0.3, -0.25) is 0 Å². The van der Waals surface area contributed by atoms with E-state index in [9.17, 15) is 13.2 Å². The van der Waals surface area contributed by atoms with Crippen LogP contribution in [0.2, 0.25) is 0 Å². The zero-order valence-electron chi connectivity index (χ0n) is 8.00. The number of nitrogens with zero attached hydrogens (tertiary/aromatic N) is 2. The highest BCUT2D eigenvalue weighted by molar-refractivity contribution is 5.63. The Hall–Kier alpha value is -2.17. The number of hydrogen-bond acceptors (Lipinski definition) is 5. The molecule has 0 amide bonds. The molecule has 0 aromatic carbocycles. The van der Waals surface area contributed by atoms with Gasteiger partial charge in [0.25, 0.3) is 5.88 Å². The van der Waals surface area contributed by atoms with Crippen molar-refractivity contribution < 1.29 is 22.6 Å². The van der Waals surface area contributed by atoms with E-state index in [1.165, 1.54) is 6.07 Å². The molecule has 1 aromatic heterocycles. The second kappa shape index (κ2) is 4.14. The van der Waals surface area contributed by atoms with Gasteiger partial charge in [-0.15, -0.1) is 13.2 Å². The van der Waals surface area contributed by atoms with Crippen molar-refractivity contribution in [1.82, 2.24) is 4.98 Å². The van der Waals surface area contributed by atoms with Gasteiger partial charge in [-0.2, -0.15) is 5.26 Å². The molecule has 0 fully saturated rings. The van der Waals surface area contributed by atoms with Crippen molar-refractivity contribution in [3.05, 3.63) is 11.8 Å². The Balaban J connectivity index is 3.33. The average molecular weight is 233 g/mol. The predicted octanol–water partition coefficient (Wildman–Crippen LogP) is 1.44. The van der Waals surface area contributed by atoms with Crippen LogP contribution < -0.4 is 15.2 Å². The molecule has 1 aromatic rings. The quantitative estimate of drug-likeness (QED) is 0.835. The van der Waals surface area contributed by atoms with Gasteiger partial charge in [-0.25, -0.2) is 4.98 Å². The molecule has 2 N–H and O–H groups in total. The molecule has 0 unspecified atom stereocenters. The fraction of sp³-hybridized carbons (Fsp3) is 0.250. The fourth-order valence-electron chi connectivity index (χ4n) is 0.961. The Bertz CT molecular complexity index is 439. The fourth-order valence-corrected chi connectivity index (χ4v) is 0.961. The summed E-state index contributed by atoms with van der Waals surface area (Å²) in [7, 11) is 1.10. The number of nitrogen functional groups attached to an aromatic ring is 1. The van der Waals surface area contributed by atoms with Crippen LogP contribution in [0.4, 0.5) is 18.9 Å². The molecule has 1 heterocycles. The summed E-state index contributed by atoms with van der Waals surface area (Å²) in [6.45, 7) is 0. The maximum atomic E-state index is 12.0. The minimum Gasteiger partial charge on any atom is -0.478 e. The summed E-state index contributed by atoms with van der Waals surface area (Å²) in [6.07, 6.45) is -3.94. The summed E-state index contributed by atoms with van der Waals surface area (Å²) in [4.78, 5) is 3.47. The van der Waals surface area contributed by atoms with Crippen molar-refractivity contribution in [1.29, 1.82) is 5.26 Å². The first-order valence-electron chi connectivity index (χ1n) is 3.87. The van der Waals surface area contributed by atoms with Gasteiger partial charge in [-0.1, -0.05) is 0 Å². The van der Waals surface area contributed by atoms with Gasteiger partial charge in [0.15, 0.2) is 0 Å². The van der Waals surface area contributed by atoms with E-state index in [1.807, 2.05) is 0 Å². The van der Waals surface area contributed by atoms with Crippen molar-refractivity contribution in [2.45, 2.75) is 6.36 Å². The van der Waals surface area contributed by atoms with Gasteiger partial charge in [-0.05, 0) is 0 Å². The summed E-state index contributed by atoms with van der Waals surface area (Å²) in [5, 5.41) is 8.66. The monoisotopic (exact) mass is 233 g/mol. The standard InChI is InChI=1S/C8H6F3N3O2/c1-15-7-6(16-8(9,10)11)4(2-12)5(13)3-14-7/h3H,13H2,1H3. The van der Waals surface area contributed by atoms with E-state index in [0.717, 1.165) is 13.3 Å². The van der Waals surface area contributed by atoms with Gasteiger partial charge in [0.05, 0.1) is 19.0 Å². The molecule has 0 radical (unpaired) electrons. The van der Waals surface area contributed by atoms with Crippen LogP contribution >= 0.6 is 0 Å². The summed E-state index contributed by atoms with van der Waals surface area (Å²) in [5.41, 5.74) is 4.60. The van der Waals surface area contributed by atoms with Crippen molar-refractivity contribution in [2.24, 2.45) is 0 Å². The zero-order valence-corrected chi connectivity index (χ0v) is 8.00. The van der Waals surface area contributed by atoms with Gasteiger partial charge in [0.1, 0.15) is 11.6 Å². The van der Waals surface area contributed by atoms with Crippen LogP contribution in [0, 0.1) is 11.3 Å². The van der Waals surface area contributed by atoms with E-state index < -0.39 is 23.6 Å². The highest BCUT2D eigenvalue weighted by Crippen LogP contribution is 2.35. The molecule has 8 heteroatoms. The van der Waals surface area contributed by atoms with E-state index in [4.69, 9.17) is 11.0 Å². The van der Waals surface area contributed by atoms with Crippen LogP contribution in [0.1, 0.15) is 5.56 Å². The SMILES string of the molecule is COc1ncc(N)c(C#N)c1OC(F)(F)F. The minimum atomic E-state index is -4.95. The molecular formula is C8H6F3N3O2. The highest BCUT2D eigenvalue weighted by Gasteiger charge is 2.34. The second-order valence-electron chi connectivity index (χ2n) is 2.59. The molecule has 0 atom stereocenters. The molecule has 0 aliphatic carbocycles. The molecule has 0 aliphatic heterocycles. The molecule has 0 bridgehead atoms. The van der Waals surface area contributed by atoms with Crippen molar-refractivity contribution in [3.63, 3.8) is 0 Å². The zero-order chi connectivity index (χ0) is 12.3.